The highest BCUT2D eigenvalue weighted by molar-refractivity contribution is 7.20. The summed E-state index contributed by atoms with van der Waals surface area (Å²) in [6, 6.07) is 0. The molecule has 0 N–H and O–H groups in total. The van der Waals surface area contributed by atoms with Gasteiger partial charge in [0.25, 0.3) is 11.5 Å². The fraction of sp³-hybridized carbons (Fsp3) is 0.640. The van der Waals surface area contributed by atoms with Crippen LogP contribution in [0.15, 0.2) is 11.1 Å². The van der Waals surface area contributed by atoms with E-state index < -0.39 is 0 Å². The Kier molecular flexibility index (Phi) is 7.59. The van der Waals surface area contributed by atoms with Gasteiger partial charge in [-0.3, -0.25) is 23.7 Å². The minimum atomic E-state index is -0.330. The maximum absolute atomic E-state index is 13.3. The third kappa shape index (κ3) is 5.27. The van der Waals surface area contributed by atoms with Crippen molar-refractivity contribution in [3.05, 3.63) is 27.1 Å². The molecule has 2 amide bonds. The number of carbonyl (C=O) groups excluding carboxylic acids is 3. The molecule has 2 saturated heterocycles. The molecule has 0 spiro atoms. The van der Waals surface area contributed by atoms with E-state index in [4.69, 9.17) is 4.74 Å². The molecule has 0 bridgehead atoms. The molecule has 0 aliphatic carbocycles. The molecule has 190 valence electrons. The average Bonchev–Trinajstić information content (AvgIpc) is 3.17. The lowest BCUT2D eigenvalue weighted by Crippen LogP contribution is -2.44. The number of rotatable bonds is 5. The Morgan fingerprint density at radius 3 is 2.54 bits per heavy atom. The molecule has 3 atom stereocenters. The third-order valence-corrected chi connectivity index (χ3v) is 8.16. The number of thiophene rings is 1. The molecule has 4 heterocycles. The van der Waals surface area contributed by atoms with Crippen molar-refractivity contribution in [3.63, 3.8) is 0 Å². The first-order valence-corrected chi connectivity index (χ1v) is 13.2. The largest absolute Gasteiger partial charge is 0.466 e. The zero-order chi connectivity index (χ0) is 25.3. The van der Waals surface area contributed by atoms with Crippen LogP contribution in [-0.2, 0) is 20.9 Å². The van der Waals surface area contributed by atoms with Crippen LogP contribution in [0.1, 0.15) is 55.3 Å². The van der Waals surface area contributed by atoms with E-state index in [1.54, 1.807) is 18.7 Å². The number of hydrogen-bond donors (Lipinski definition) is 0. The molecule has 4 rings (SSSR count). The number of aromatic nitrogens is 2. The van der Waals surface area contributed by atoms with Crippen LogP contribution in [-0.4, -0.2) is 69.9 Å². The van der Waals surface area contributed by atoms with Crippen LogP contribution in [0, 0.1) is 24.7 Å². The van der Waals surface area contributed by atoms with Gasteiger partial charge in [-0.1, -0.05) is 13.8 Å². The molecule has 35 heavy (non-hydrogen) atoms. The molecule has 3 unspecified atom stereocenters. The normalized spacial score (nSPS) is 22.9. The van der Waals surface area contributed by atoms with Crippen LogP contribution in [0.3, 0.4) is 0 Å². The van der Waals surface area contributed by atoms with Crippen LogP contribution in [0.5, 0.6) is 0 Å². The van der Waals surface area contributed by atoms with Crippen molar-refractivity contribution in [1.82, 2.24) is 19.4 Å². The predicted molar refractivity (Wildman–Crippen MR) is 133 cm³/mol. The second kappa shape index (κ2) is 10.5. The number of piperidine rings is 2. The summed E-state index contributed by atoms with van der Waals surface area (Å²) in [5.41, 5.74) is 0.269. The summed E-state index contributed by atoms with van der Waals surface area (Å²) in [6.45, 7) is 10.3. The van der Waals surface area contributed by atoms with E-state index in [1.807, 2.05) is 4.90 Å². The highest BCUT2D eigenvalue weighted by Crippen LogP contribution is 2.30. The second-order valence-electron chi connectivity index (χ2n) is 10.0. The second-order valence-corrected chi connectivity index (χ2v) is 11.0. The lowest BCUT2D eigenvalue weighted by Gasteiger charge is -2.35. The molecule has 9 nitrogen and oxygen atoms in total. The molecule has 0 saturated carbocycles. The Morgan fingerprint density at radius 1 is 1.14 bits per heavy atom. The van der Waals surface area contributed by atoms with E-state index in [0.717, 1.165) is 12.8 Å². The highest BCUT2D eigenvalue weighted by Gasteiger charge is 2.32. The fourth-order valence-electron chi connectivity index (χ4n) is 5.35. The maximum atomic E-state index is 13.3. The standard InChI is InChI=1S/C25H34N4O5S/c1-5-34-25(33)18-7-6-8-27(12-18)24(32)21-17(4)20-22(35-21)26-14-29(23(20)31)13-19(30)28-10-15(2)9-16(3)11-28/h14-16,18H,5-13H2,1-4H3. The van der Waals surface area contributed by atoms with Crippen LogP contribution in [0.25, 0.3) is 10.2 Å². The molecule has 2 aromatic heterocycles. The van der Waals surface area contributed by atoms with Gasteiger partial charge in [-0.2, -0.15) is 0 Å². The van der Waals surface area contributed by atoms with Gasteiger partial charge in [-0.05, 0) is 50.5 Å². The van der Waals surface area contributed by atoms with Gasteiger partial charge >= 0.3 is 5.97 Å². The molecular formula is C25H34N4O5S. The van der Waals surface area contributed by atoms with Crippen molar-refractivity contribution in [3.8, 4) is 0 Å². The molecule has 2 fully saturated rings. The monoisotopic (exact) mass is 502 g/mol. The van der Waals surface area contributed by atoms with E-state index >= 15 is 0 Å². The Hall–Kier alpha value is -2.75. The SMILES string of the molecule is CCOC(=O)C1CCCN(C(=O)c2sc3ncn(CC(=O)N4CC(C)CC(C)C4)c(=O)c3c2C)C1. The Labute approximate surface area is 209 Å². The summed E-state index contributed by atoms with van der Waals surface area (Å²) in [7, 11) is 0. The first-order chi connectivity index (χ1) is 16.7. The van der Waals surface area contributed by atoms with Crippen LogP contribution in [0.4, 0.5) is 0 Å². The smallest absolute Gasteiger partial charge is 0.310 e. The van der Waals surface area contributed by atoms with E-state index in [0.29, 0.717) is 71.7 Å². The summed E-state index contributed by atoms with van der Waals surface area (Å²) in [6.07, 6.45) is 3.92. The average molecular weight is 503 g/mol. The number of fused-ring (bicyclic) bond motifs is 1. The quantitative estimate of drug-likeness (QED) is 0.583. The number of amides is 2. The first kappa shape index (κ1) is 25.3. The van der Waals surface area contributed by atoms with Crippen molar-refractivity contribution >= 4 is 39.3 Å². The van der Waals surface area contributed by atoms with E-state index in [1.165, 1.54) is 22.2 Å². The van der Waals surface area contributed by atoms with Crippen molar-refractivity contribution in [2.45, 2.75) is 53.5 Å². The lowest BCUT2D eigenvalue weighted by atomic mass is 9.92. The third-order valence-electron chi connectivity index (χ3n) is 6.97. The zero-order valence-electron chi connectivity index (χ0n) is 20.9. The summed E-state index contributed by atoms with van der Waals surface area (Å²) >= 11 is 1.19. The zero-order valence-corrected chi connectivity index (χ0v) is 21.7. The Balaban J connectivity index is 1.55. The van der Waals surface area contributed by atoms with Crippen LogP contribution < -0.4 is 5.56 Å². The molecule has 2 aromatic rings. The number of likely N-dealkylation sites (tertiary alicyclic amines) is 2. The van der Waals surface area contributed by atoms with Gasteiger partial charge < -0.3 is 14.5 Å². The topological polar surface area (TPSA) is 102 Å². The number of nitrogens with zero attached hydrogens (tertiary/aromatic N) is 4. The van der Waals surface area contributed by atoms with Gasteiger partial charge in [0.1, 0.15) is 11.4 Å². The number of carbonyl (C=O) groups is 3. The van der Waals surface area contributed by atoms with Crippen LogP contribution >= 0.6 is 11.3 Å². The Morgan fingerprint density at radius 2 is 1.86 bits per heavy atom. The number of aryl methyl sites for hydroxylation is 1. The van der Waals surface area contributed by atoms with Crippen molar-refractivity contribution < 1.29 is 19.1 Å². The van der Waals surface area contributed by atoms with Crippen molar-refractivity contribution in [1.29, 1.82) is 0 Å². The fourth-order valence-corrected chi connectivity index (χ4v) is 6.45. The summed E-state index contributed by atoms with van der Waals surface area (Å²) in [5.74, 6) is -0.0162. The first-order valence-electron chi connectivity index (χ1n) is 12.4. The molecule has 10 heteroatoms. The summed E-state index contributed by atoms with van der Waals surface area (Å²) < 4.78 is 6.49. The van der Waals surface area contributed by atoms with Gasteiger partial charge in [-0.25, -0.2) is 4.98 Å². The number of esters is 1. The summed E-state index contributed by atoms with van der Waals surface area (Å²) in [5, 5.41) is 0.382. The molecule has 0 radical (unpaired) electrons. The number of hydrogen-bond acceptors (Lipinski definition) is 7. The van der Waals surface area contributed by atoms with Gasteiger partial charge in [-0.15, -0.1) is 11.3 Å². The summed E-state index contributed by atoms with van der Waals surface area (Å²) in [4.78, 5) is 60.6. The van der Waals surface area contributed by atoms with Crippen molar-refractivity contribution in [2.75, 3.05) is 32.8 Å². The van der Waals surface area contributed by atoms with Gasteiger partial charge in [0.05, 0.1) is 29.1 Å². The van der Waals surface area contributed by atoms with E-state index in [2.05, 4.69) is 18.8 Å². The van der Waals surface area contributed by atoms with Gasteiger partial charge in [0.15, 0.2) is 0 Å². The Bertz CT molecular complexity index is 1180. The molecular weight excluding hydrogens is 468 g/mol. The predicted octanol–water partition coefficient (Wildman–Crippen LogP) is 2.69. The van der Waals surface area contributed by atoms with Gasteiger partial charge in [0, 0.05) is 26.2 Å². The molecule has 2 aliphatic rings. The van der Waals surface area contributed by atoms with E-state index in [-0.39, 0.29) is 35.8 Å². The van der Waals surface area contributed by atoms with Crippen molar-refractivity contribution in [2.24, 2.45) is 17.8 Å². The molecule has 2 aliphatic heterocycles. The van der Waals surface area contributed by atoms with Crippen LogP contribution in [0.2, 0.25) is 0 Å². The number of ether oxygens (including phenoxy) is 1. The highest BCUT2D eigenvalue weighted by atomic mass is 32.1. The minimum absolute atomic E-state index is 0.0624. The van der Waals surface area contributed by atoms with Gasteiger partial charge in [0.2, 0.25) is 5.91 Å². The lowest BCUT2D eigenvalue weighted by molar-refractivity contribution is -0.149. The van der Waals surface area contributed by atoms with E-state index in [9.17, 15) is 19.2 Å². The maximum Gasteiger partial charge on any atom is 0.310 e. The molecule has 0 aromatic carbocycles. The minimum Gasteiger partial charge on any atom is -0.466 e.